The average Bonchev–Trinajstić information content (AvgIpc) is 3.59. The first-order chi connectivity index (χ1) is 42.5. The van der Waals surface area contributed by atoms with E-state index in [0.717, 1.165) is 44.9 Å². The van der Waals surface area contributed by atoms with E-state index in [9.17, 15) is 19.8 Å². The summed E-state index contributed by atoms with van der Waals surface area (Å²) in [6.45, 7) is 4.91. The normalized spacial score (nSPS) is 12.7. The van der Waals surface area contributed by atoms with Crippen molar-refractivity contribution in [1.82, 2.24) is 5.32 Å². The van der Waals surface area contributed by atoms with Gasteiger partial charge in [-0.15, -0.1) is 0 Å². The average molecular weight is 1210 g/mol. The lowest BCUT2D eigenvalue weighted by molar-refractivity contribution is -0.143. The molecule has 2 atom stereocenters. The summed E-state index contributed by atoms with van der Waals surface area (Å²) in [5.74, 6) is -0.0480. The van der Waals surface area contributed by atoms with Crippen molar-refractivity contribution in [3.63, 3.8) is 0 Å². The van der Waals surface area contributed by atoms with E-state index in [1.165, 1.54) is 366 Å². The van der Waals surface area contributed by atoms with Crippen LogP contribution in [-0.2, 0) is 14.3 Å². The van der Waals surface area contributed by atoms with E-state index in [4.69, 9.17) is 4.74 Å². The maximum Gasteiger partial charge on any atom is 0.305 e. The number of aliphatic hydroxyl groups excluding tert-OH is 2. The van der Waals surface area contributed by atoms with Crippen LogP contribution in [0.1, 0.15) is 438 Å². The van der Waals surface area contributed by atoms with E-state index in [2.05, 4.69) is 43.5 Å². The highest BCUT2D eigenvalue weighted by Crippen LogP contribution is 2.19. The number of amides is 1. The SMILES string of the molecule is CCCC/C=C\CCCCCCCC(=O)OCCCCCCCCCCCCCCCCCCCC/C=C\CCCCCCCCCCCCCCCCCCCC(=O)NC(CO)C(O)/C=C/CCCCCCCCCCCCCCCCCCC. The molecule has 0 aliphatic carbocycles. The maximum atomic E-state index is 12.5. The molecule has 0 heterocycles. The molecule has 0 aromatic rings. The second-order valence-electron chi connectivity index (χ2n) is 27.0. The Morgan fingerprint density at radius 3 is 0.860 bits per heavy atom. The summed E-state index contributed by atoms with van der Waals surface area (Å²) in [7, 11) is 0. The van der Waals surface area contributed by atoms with E-state index >= 15 is 0 Å². The summed E-state index contributed by atoms with van der Waals surface area (Å²) in [5, 5.41) is 23.3. The third-order valence-electron chi connectivity index (χ3n) is 18.4. The van der Waals surface area contributed by atoms with Crippen LogP contribution in [0.5, 0.6) is 0 Å². The number of unbranched alkanes of at least 4 members (excludes halogenated alkanes) is 59. The fraction of sp³-hybridized carbons (Fsp3) is 0.900. The molecule has 0 aromatic carbocycles. The minimum Gasteiger partial charge on any atom is -0.466 e. The summed E-state index contributed by atoms with van der Waals surface area (Å²) in [6, 6.07) is -0.625. The minimum absolute atomic E-state index is 0.0116. The second-order valence-corrected chi connectivity index (χ2v) is 27.0. The molecule has 0 spiro atoms. The van der Waals surface area contributed by atoms with Gasteiger partial charge >= 0.3 is 5.97 Å². The molecule has 0 aliphatic rings. The number of esters is 1. The Hall–Kier alpha value is -1.92. The van der Waals surface area contributed by atoms with Gasteiger partial charge in [0.2, 0.25) is 5.91 Å². The smallest absolute Gasteiger partial charge is 0.305 e. The van der Waals surface area contributed by atoms with Crippen LogP contribution >= 0.6 is 0 Å². The van der Waals surface area contributed by atoms with Crippen molar-refractivity contribution < 1.29 is 24.5 Å². The lowest BCUT2D eigenvalue weighted by Crippen LogP contribution is -2.45. The Morgan fingerprint density at radius 1 is 0.314 bits per heavy atom. The molecule has 86 heavy (non-hydrogen) atoms. The molecular formula is C80H153NO5. The van der Waals surface area contributed by atoms with Gasteiger partial charge in [-0.05, 0) is 77.0 Å². The van der Waals surface area contributed by atoms with E-state index in [-0.39, 0.29) is 18.5 Å². The molecular weight excluding hydrogens is 1050 g/mol. The number of ether oxygens (including phenoxy) is 1. The van der Waals surface area contributed by atoms with Crippen molar-refractivity contribution >= 4 is 11.9 Å². The first kappa shape index (κ1) is 84.1. The molecule has 0 fully saturated rings. The number of allylic oxidation sites excluding steroid dienone is 5. The Labute approximate surface area is 538 Å². The number of carbonyl (C=O) groups excluding carboxylic acids is 2. The van der Waals surface area contributed by atoms with Crippen molar-refractivity contribution in [2.75, 3.05) is 13.2 Å². The van der Waals surface area contributed by atoms with Crippen LogP contribution in [0.4, 0.5) is 0 Å². The van der Waals surface area contributed by atoms with Crippen LogP contribution in [0.25, 0.3) is 0 Å². The van der Waals surface area contributed by atoms with Crippen LogP contribution < -0.4 is 5.32 Å². The summed E-state index contributed by atoms with van der Waals surface area (Å²) in [4.78, 5) is 24.5. The molecule has 1 amide bonds. The third kappa shape index (κ3) is 71.2. The zero-order valence-corrected chi connectivity index (χ0v) is 58.3. The number of hydrogen-bond acceptors (Lipinski definition) is 5. The summed E-state index contributed by atoms with van der Waals surface area (Å²) in [5.41, 5.74) is 0. The molecule has 3 N–H and O–H groups in total. The van der Waals surface area contributed by atoms with E-state index in [1.807, 2.05) is 6.08 Å². The molecule has 0 bridgehead atoms. The lowest BCUT2D eigenvalue weighted by Gasteiger charge is -2.20. The van der Waals surface area contributed by atoms with Gasteiger partial charge in [0.1, 0.15) is 0 Å². The predicted molar refractivity (Wildman–Crippen MR) is 379 cm³/mol. The molecule has 508 valence electrons. The summed E-state index contributed by atoms with van der Waals surface area (Å²) < 4.78 is 5.47. The highest BCUT2D eigenvalue weighted by atomic mass is 16.5. The Balaban J connectivity index is 3.35. The van der Waals surface area contributed by atoms with Gasteiger partial charge in [-0.25, -0.2) is 0 Å². The third-order valence-corrected chi connectivity index (χ3v) is 18.4. The second kappa shape index (κ2) is 75.5. The molecule has 0 aromatic heterocycles. The van der Waals surface area contributed by atoms with Crippen LogP contribution in [0.15, 0.2) is 36.5 Å². The van der Waals surface area contributed by atoms with Crippen molar-refractivity contribution in [3.8, 4) is 0 Å². The molecule has 0 saturated carbocycles. The fourth-order valence-electron chi connectivity index (χ4n) is 12.4. The number of aliphatic hydroxyl groups is 2. The first-order valence-corrected chi connectivity index (χ1v) is 39.3. The Bertz CT molecular complexity index is 1390. The largest absolute Gasteiger partial charge is 0.466 e. The molecule has 6 heteroatoms. The van der Waals surface area contributed by atoms with Crippen molar-refractivity contribution in [2.45, 2.75) is 450 Å². The van der Waals surface area contributed by atoms with Gasteiger partial charge < -0.3 is 20.3 Å². The molecule has 0 radical (unpaired) electrons. The number of nitrogens with one attached hydrogen (secondary N) is 1. The number of rotatable bonds is 74. The van der Waals surface area contributed by atoms with Crippen LogP contribution in [0.3, 0.4) is 0 Å². The topological polar surface area (TPSA) is 95.9 Å². The molecule has 0 rings (SSSR count). The van der Waals surface area contributed by atoms with Gasteiger partial charge in [-0.3, -0.25) is 9.59 Å². The van der Waals surface area contributed by atoms with Crippen molar-refractivity contribution in [1.29, 1.82) is 0 Å². The molecule has 0 saturated heterocycles. The standard InChI is InChI=1S/C80H153NO5/c1-3-5-7-9-11-13-15-16-17-18-40-43-46-49-53-56-60-64-68-72-78(83)77(76-82)81-79(84)73-69-65-61-57-54-50-47-44-41-38-36-34-32-30-28-26-24-22-20-19-21-23-25-27-29-31-33-35-37-39-42-45-48-51-55-59-63-67-71-75-86-80(85)74-70-66-62-58-52-14-12-10-8-6-4-2/h10,12,19-20,68,72,77-78,82-83H,3-9,11,13-18,21-67,69-71,73-76H2,1-2H3,(H,81,84)/b12-10-,20-19-,72-68+. The van der Waals surface area contributed by atoms with Gasteiger partial charge in [0.05, 0.1) is 25.4 Å². The molecule has 0 aliphatic heterocycles. The van der Waals surface area contributed by atoms with E-state index in [1.54, 1.807) is 6.08 Å². The van der Waals surface area contributed by atoms with E-state index < -0.39 is 12.1 Å². The van der Waals surface area contributed by atoms with Gasteiger partial charge in [0, 0.05) is 12.8 Å². The van der Waals surface area contributed by atoms with Crippen LogP contribution in [0, 0.1) is 0 Å². The van der Waals surface area contributed by atoms with Gasteiger partial charge in [0.25, 0.3) is 0 Å². The quantitative estimate of drug-likeness (QED) is 0.0320. The number of carbonyl (C=O) groups is 2. The van der Waals surface area contributed by atoms with Gasteiger partial charge in [-0.2, -0.15) is 0 Å². The van der Waals surface area contributed by atoms with Crippen molar-refractivity contribution in [2.24, 2.45) is 0 Å². The Morgan fingerprint density at radius 2 is 0.558 bits per heavy atom. The zero-order valence-electron chi connectivity index (χ0n) is 58.3. The molecule has 2 unspecified atom stereocenters. The number of hydrogen-bond donors (Lipinski definition) is 3. The van der Waals surface area contributed by atoms with E-state index in [0.29, 0.717) is 19.4 Å². The van der Waals surface area contributed by atoms with Gasteiger partial charge in [-0.1, -0.05) is 384 Å². The maximum absolute atomic E-state index is 12.5. The van der Waals surface area contributed by atoms with Gasteiger partial charge in [0.15, 0.2) is 0 Å². The molecule has 6 nitrogen and oxygen atoms in total. The summed E-state index contributed by atoms with van der Waals surface area (Å²) >= 11 is 0. The van der Waals surface area contributed by atoms with Crippen LogP contribution in [0.2, 0.25) is 0 Å². The zero-order chi connectivity index (χ0) is 62.0. The van der Waals surface area contributed by atoms with Crippen molar-refractivity contribution in [3.05, 3.63) is 36.5 Å². The summed E-state index contributed by atoms with van der Waals surface area (Å²) in [6.07, 6.45) is 98.5. The highest BCUT2D eigenvalue weighted by molar-refractivity contribution is 5.76. The monoisotopic (exact) mass is 1210 g/mol. The minimum atomic E-state index is -0.842. The first-order valence-electron chi connectivity index (χ1n) is 39.3. The predicted octanol–water partition coefficient (Wildman–Crippen LogP) is 25.8. The Kier molecular flexibility index (Phi) is 73.9. The van der Waals surface area contributed by atoms with Crippen LogP contribution in [-0.4, -0.2) is 47.4 Å². The fourth-order valence-corrected chi connectivity index (χ4v) is 12.4. The lowest BCUT2D eigenvalue weighted by atomic mass is 10.0. The highest BCUT2D eigenvalue weighted by Gasteiger charge is 2.18.